The van der Waals surface area contributed by atoms with Crippen molar-refractivity contribution >= 4 is 31.8 Å². The van der Waals surface area contributed by atoms with Crippen molar-refractivity contribution < 1.29 is 23.1 Å². The Labute approximate surface area is 176 Å². The van der Waals surface area contributed by atoms with E-state index in [0.717, 1.165) is 21.3 Å². The van der Waals surface area contributed by atoms with Crippen LogP contribution in [0.15, 0.2) is 58.3 Å². The topological polar surface area (TPSA) is 54.0 Å². The van der Waals surface area contributed by atoms with Gasteiger partial charge >= 0.3 is 8.25 Å². The zero-order chi connectivity index (χ0) is 20.8. The molecule has 8 heteroatoms. The smallest absolute Gasteiger partial charge is 0.321 e. The number of benzene rings is 2. The molecule has 154 valence electrons. The van der Waals surface area contributed by atoms with Crippen molar-refractivity contribution in [1.82, 2.24) is 0 Å². The summed E-state index contributed by atoms with van der Waals surface area (Å²) in [6, 6.07) is 15.3. The number of ether oxygens (including phenoxy) is 2. The summed E-state index contributed by atoms with van der Waals surface area (Å²) < 4.78 is 34.3. The molecular formula is C20H27O5PS2. The number of methoxy groups -OCH3 is 2. The van der Waals surface area contributed by atoms with E-state index in [1.807, 2.05) is 76.2 Å². The van der Waals surface area contributed by atoms with Gasteiger partial charge in [0.25, 0.3) is 0 Å². The molecule has 0 aliphatic carbocycles. The van der Waals surface area contributed by atoms with Gasteiger partial charge in [0.2, 0.25) is 0 Å². The first-order valence-corrected chi connectivity index (χ1v) is 11.6. The van der Waals surface area contributed by atoms with Gasteiger partial charge in [-0.05, 0) is 76.2 Å². The lowest BCUT2D eigenvalue weighted by atomic mass is 10.3. The SMILES string of the molecule is COc1ccc(SC(C)(C)O[PH](=O)OC(C)(C)Sc2ccc(OC)cc2)cc1. The summed E-state index contributed by atoms with van der Waals surface area (Å²) in [5.74, 6) is 1.58. The van der Waals surface area contributed by atoms with Crippen molar-refractivity contribution in [3.63, 3.8) is 0 Å². The molecule has 0 amide bonds. The minimum atomic E-state index is -2.71. The van der Waals surface area contributed by atoms with Gasteiger partial charge in [-0.3, -0.25) is 13.6 Å². The number of thioether (sulfide) groups is 2. The molecular weight excluding hydrogens is 415 g/mol. The van der Waals surface area contributed by atoms with Crippen LogP contribution in [0.4, 0.5) is 0 Å². The van der Waals surface area contributed by atoms with Gasteiger partial charge < -0.3 is 9.47 Å². The van der Waals surface area contributed by atoms with Crippen LogP contribution in [0.25, 0.3) is 0 Å². The molecule has 0 aromatic heterocycles. The van der Waals surface area contributed by atoms with Gasteiger partial charge in [-0.25, -0.2) is 0 Å². The molecule has 2 aromatic carbocycles. The zero-order valence-corrected chi connectivity index (χ0v) is 19.6. The Morgan fingerprint density at radius 1 is 0.679 bits per heavy atom. The predicted octanol–water partition coefficient (Wildman–Crippen LogP) is 6.48. The second-order valence-corrected chi connectivity index (χ2v) is 11.0. The van der Waals surface area contributed by atoms with Gasteiger partial charge in [-0.1, -0.05) is 23.5 Å². The summed E-state index contributed by atoms with van der Waals surface area (Å²) in [7, 11) is 0.551. The number of rotatable bonds is 10. The molecule has 0 unspecified atom stereocenters. The Morgan fingerprint density at radius 2 is 1.00 bits per heavy atom. The van der Waals surface area contributed by atoms with Gasteiger partial charge in [0.1, 0.15) is 21.4 Å². The maximum atomic E-state index is 12.5. The molecule has 2 aromatic rings. The summed E-state index contributed by atoms with van der Waals surface area (Å²) in [6.45, 7) is 7.49. The van der Waals surface area contributed by atoms with E-state index < -0.39 is 18.1 Å². The highest BCUT2D eigenvalue weighted by Gasteiger charge is 2.29. The fourth-order valence-electron chi connectivity index (χ4n) is 2.32. The largest absolute Gasteiger partial charge is 0.497 e. The van der Waals surface area contributed by atoms with Gasteiger partial charge in [-0.15, -0.1) is 0 Å². The van der Waals surface area contributed by atoms with Crippen LogP contribution in [0, 0.1) is 0 Å². The third-order valence-corrected chi connectivity index (χ3v) is 7.32. The molecule has 0 saturated carbocycles. The molecule has 0 atom stereocenters. The van der Waals surface area contributed by atoms with Crippen LogP contribution in [-0.4, -0.2) is 24.1 Å². The van der Waals surface area contributed by atoms with E-state index in [9.17, 15) is 4.57 Å². The summed E-state index contributed by atoms with van der Waals surface area (Å²) in [5.41, 5.74) is 0. The van der Waals surface area contributed by atoms with E-state index in [4.69, 9.17) is 18.5 Å². The first kappa shape index (κ1) is 23.2. The lowest BCUT2D eigenvalue weighted by Gasteiger charge is -2.28. The highest BCUT2D eigenvalue weighted by molar-refractivity contribution is 8.01. The maximum absolute atomic E-state index is 12.5. The van der Waals surface area contributed by atoms with Crippen LogP contribution in [0.3, 0.4) is 0 Å². The molecule has 0 saturated heterocycles. The van der Waals surface area contributed by atoms with Crippen LogP contribution in [0.2, 0.25) is 0 Å². The van der Waals surface area contributed by atoms with E-state index >= 15 is 0 Å². The zero-order valence-electron chi connectivity index (χ0n) is 17.0. The Morgan fingerprint density at radius 3 is 1.29 bits per heavy atom. The molecule has 0 aliphatic heterocycles. The minimum absolute atomic E-state index is 0.703. The van der Waals surface area contributed by atoms with Crippen molar-refractivity contribution in [1.29, 1.82) is 0 Å². The summed E-state index contributed by atoms with van der Waals surface area (Å²) in [5, 5.41) is 0. The van der Waals surface area contributed by atoms with E-state index in [-0.39, 0.29) is 0 Å². The molecule has 0 spiro atoms. The van der Waals surface area contributed by atoms with Gasteiger partial charge in [0.05, 0.1) is 14.2 Å². The monoisotopic (exact) mass is 442 g/mol. The molecule has 0 aliphatic rings. The van der Waals surface area contributed by atoms with Crippen molar-refractivity contribution in [2.24, 2.45) is 0 Å². The van der Waals surface area contributed by atoms with Gasteiger partial charge in [0, 0.05) is 9.79 Å². The third kappa shape index (κ3) is 7.72. The first-order valence-electron chi connectivity index (χ1n) is 8.70. The van der Waals surface area contributed by atoms with Crippen molar-refractivity contribution in [3.8, 4) is 11.5 Å². The first-order chi connectivity index (χ1) is 13.1. The normalized spacial score (nSPS) is 12.2. The van der Waals surface area contributed by atoms with Crippen LogP contribution < -0.4 is 9.47 Å². The number of hydrogen-bond donors (Lipinski definition) is 0. The Bertz CT molecular complexity index is 711. The second kappa shape index (κ2) is 10.1. The van der Waals surface area contributed by atoms with Crippen LogP contribution >= 0.6 is 31.8 Å². The molecule has 0 heterocycles. The average molecular weight is 443 g/mol. The summed E-state index contributed by atoms with van der Waals surface area (Å²) >= 11 is 2.95. The van der Waals surface area contributed by atoms with E-state index in [1.165, 1.54) is 23.5 Å². The molecule has 5 nitrogen and oxygen atoms in total. The van der Waals surface area contributed by atoms with Crippen molar-refractivity contribution in [3.05, 3.63) is 48.5 Å². The minimum Gasteiger partial charge on any atom is -0.497 e. The van der Waals surface area contributed by atoms with Crippen LogP contribution in [0.5, 0.6) is 11.5 Å². The Kier molecular flexibility index (Phi) is 8.34. The van der Waals surface area contributed by atoms with E-state index in [1.54, 1.807) is 14.2 Å². The molecule has 28 heavy (non-hydrogen) atoms. The molecule has 0 radical (unpaired) electrons. The molecule has 2 rings (SSSR count). The van der Waals surface area contributed by atoms with Crippen molar-refractivity contribution in [2.45, 2.75) is 47.4 Å². The van der Waals surface area contributed by atoms with Crippen LogP contribution in [0.1, 0.15) is 27.7 Å². The van der Waals surface area contributed by atoms with Gasteiger partial charge in [0.15, 0.2) is 0 Å². The standard InChI is InChI=1S/C20H27O5PS2/c1-19(2,27-17-11-7-15(22-5)8-12-17)24-26(21)25-20(3,4)28-18-13-9-16(23-6)10-14-18/h7-14,26H,1-6H3. The predicted molar refractivity (Wildman–Crippen MR) is 117 cm³/mol. The van der Waals surface area contributed by atoms with E-state index in [2.05, 4.69) is 0 Å². The quantitative estimate of drug-likeness (QED) is 0.237. The summed E-state index contributed by atoms with van der Waals surface area (Å²) in [4.78, 5) is 0.580. The highest BCUT2D eigenvalue weighted by atomic mass is 32.2. The fourth-order valence-corrected chi connectivity index (χ4v) is 5.58. The van der Waals surface area contributed by atoms with Gasteiger partial charge in [-0.2, -0.15) is 0 Å². The van der Waals surface area contributed by atoms with E-state index in [0.29, 0.717) is 0 Å². The molecule has 0 N–H and O–H groups in total. The number of hydrogen-bond acceptors (Lipinski definition) is 7. The average Bonchev–Trinajstić information content (AvgIpc) is 2.61. The van der Waals surface area contributed by atoms with Crippen LogP contribution in [-0.2, 0) is 13.6 Å². The second-order valence-electron chi connectivity index (χ2n) is 6.81. The maximum Gasteiger partial charge on any atom is 0.321 e. The Hall–Kier alpha value is -1.11. The van der Waals surface area contributed by atoms with Crippen molar-refractivity contribution in [2.75, 3.05) is 14.2 Å². The fraction of sp³-hybridized carbons (Fsp3) is 0.400. The third-order valence-electron chi connectivity index (χ3n) is 3.50. The summed E-state index contributed by atoms with van der Waals surface area (Å²) in [6.07, 6.45) is 0. The highest BCUT2D eigenvalue weighted by Crippen LogP contribution is 2.47. The molecule has 0 fully saturated rings. The lowest BCUT2D eigenvalue weighted by Crippen LogP contribution is -2.20. The molecule has 0 bridgehead atoms. The Balaban J connectivity index is 1.92. The lowest BCUT2D eigenvalue weighted by molar-refractivity contribution is 0.130.